The number of benzene rings is 2. The Balaban J connectivity index is 1.60. The smallest absolute Gasteiger partial charge is 0.328 e. The molecule has 2 aliphatic rings. The van der Waals surface area contributed by atoms with Gasteiger partial charge in [0.15, 0.2) is 12.1 Å². The van der Waals surface area contributed by atoms with Crippen molar-refractivity contribution in [3.8, 4) is 0 Å². The number of nitrogens with zero attached hydrogens (tertiary/aromatic N) is 1. The lowest BCUT2D eigenvalue weighted by Gasteiger charge is -2.30. The van der Waals surface area contributed by atoms with Gasteiger partial charge in [0.2, 0.25) is 0 Å². The molecule has 6 atom stereocenters. The lowest BCUT2D eigenvalue weighted by Crippen LogP contribution is -2.51. The second-order valence-corrected chi connectivity index (χ2v) is 7.51. The Bertz CT molecular complexity index is 812. The number of hydrogen-bond acceptors (Lipinski definition) is 8. The lowest BCUT2D eigenvalue weighted by atomic mass is 10.0. The minimum atomic E-state index is -0.715. The average molecular weight is 428 g/mol. The number of esters is 1. The summed E-state index contributed by atoms with van der Waals surface area (Å²) in [7, 11) is 4.78. The summed E-state index contributed by atoms with van der Waals surface area (Å²) in [5.74, 6) is -0.381. The first-order chi connectivity index (χ1) is 15.2. The number of hydrogen-bond donors (Lipinski definition) is 1. The molecule has 1 N–H and O–H groups in total. The van der Waals surface area contributed by atoms with Crippen LogP contribution in [-0.4, -0.2) is 70.5 Å². The van der Waals surface area contributed by atoms with Gasteiger partial charge in [-0.15, -0.1) is 0 Å². The molecule has 0 bridgehead atoms. The zero-order valence-corrected chi connectivity index (χ0v) is 17.8. The number of fused-ring (bicyclic) bond motifs is 1. The van der Waals surface area contributed by atoms with Gasteiger partial charge in [0.1, 0.15) is 24.4 Å². The summed E-state index contributed by atoms with van der Waals surface area (Å²) in [6, 6.07) is 18.8. The van der Waals surface area contributed by atoms with Crippen molar-refractivity contribution in [3.63, 3.8) is 0 Å². The van der Waals surface area contributed by atoms with E-state index in [-0.39, 0.29) is 12.1 Å². The minimum absolute atomic E-state index is 0.340. The van der Waals surface area contributed by atoms with Crippen molar-refractivity contribution in [1.82, 2.24) is 5.43 Å². The highest BCUT2D eigenvalue weighted by molar-refractivity contribution is 5.80. The van der Waals surface area contributed by atoms with Gasteiger partial charge in [0.25, 0.3) is 0 Å². The molecule has 8 heteroatoms. The van der Waals surface area contributed by atoms with Gasteiger partial charge in [0.05, 0.1) is 18.0 Å². The quantitative estimate of drug-likeness (QED) is 0.481. The predicted octanol–water partition coefficient (Wildman–Crippen LogP) is 2.07. The van der Waals surface area contributed by atoms with E-state index in [1.807, 2.05) is 65.7 Å². The molecule has 2 aliphatic heterocycles. The molecule has 2 aromatic rings. The van der Waals surface area contributed by atoms with E-state index in [1.165, 1.54) is 0 Å². The van der Waals surface area contributed by atoms with Crippen molar-refractivity contribution < 1.29 is 28.5 Å². The van der Waals surface area contributed by atoms with Gasteiger partial charge in [-0.05, 0) is 24.3 Å². The van der Waals surface area contributed by atoms with Crippen LogP contribution in [0.15, 0.2) is 60.7 Å². The lowest BCUT2D eigenvalue weighted by molar-refractivity contribution is -0.153. The molecule has 2 aromatic carbocycles. The van der Waals surface area contributed by atoms with Crippen LogP contribution in [-0.2, 0) is 28.5 Å². The Morgan fingerprint density at radius 1 is 0.968 bits per heavy atom. The van der Waals surface area contributed by atoms with E-state index < -0.39 is 30.5 Å². The standard InChI is InChI=1S/C23H28N2O6/c1-27-14-17(28-2)19-21(29-3)22-20(30-19)18(23(26)31-22)24-25(15-10-6-4-7-11-15)16-12-8-5-9-13-16/h4-13,17-22,24H,14H2,1-3H3/t17-,18+,19+,20+,21-,22-/m0/s1. The van der Waals surface area contributed by atoms with Gasteiger partial charge in [-0.1, -0.05) is 36.4 Å². The fourth-order valence-electron chi connectivity index (χ4n) is 4.20. The summed E-state index contributed by atoms with van der Waals surface area (Å²) < 4.78 is 28.5. The van der Waals surface area contributed by atoms with Gasteiger partial charge in [0, 0.05) is 21.3 Å². The molecule has 0 radical (unpaired) electrons. The fraction of sp³-hybridized carbons (Fsp3) is 0.435. The summed E-state index contributed by atoms with van der Waals surface area (Å²) in [6.45, 7) is 0.340. The van der Waals surface area contributed by atoms with E-state index in [2.05, 4.69) is 5.43 Å². The van der Waals surface area contributed by atoms with Crippen LogP contribution >= 0.6 is 0 Å². The van der Waals surface area contributed by atoms with E-state index in [4.69, 9.17) is 23.7 Å². The number of anilines is 2. The number of methoxy groups -OCH3 is 3. The molecule has 2 heterocycles. The molecule has 2 saturated heterocycles. The maximum Gasteiger partial charge on any atom is 0.328 e. The van der Waals surface area contributed by atoms with Gasteiger partial charge in [-0.3, -0.25) is 9.80 Å². The van der Waals surface area contributed by atoms with Crippen molar-refractivity contribution in [3.05, 3.63) is 60.7 Å². The van der Waals surface area contributed by atoms with Crippen molar-refractivity contribution in [2.24, 2.45) is 0 Å². The molecule has 0 aromatic heterocycles. The van der Waals surface area contributed by atoms with Gasteiger partial charge in [-0.2, -0.15) is 0 Å². The second-order valence-electron chi connectivity index (χ2n) is 7.51. The zero-order valence-electron chi connectivity index (χ0n) is 17.8. The summed E-state index contributed by atoms with van der Waals surface area (Å²) in [4.78, 5) is 12.8. The highest BCUT2D eigenvalue weighted by atomic mass is 16.7. The number of carbonyl (C=O) groups excluding carboxylic acids is 1. The Labute approximate surface area is 182 Å². The van der Waals surface area contributed by atoms with Crippen molar-refractivity contribution in [2.75, 3.05) is 32.9 Å². The van der Waals surface area contributed by atoms with E-state index >= 15 is 0 Å². The van der Waals surface area contributed by atoms with Crippen LogP contribution in [0.5, 0.6) is 0 Å². The van der Waals surface area contributed by atoms with E-state index in [0.29, 0.717) is 6.61 Å². The fourth-order valence-corrected chi connectivity index (χ4v) is 4.20. The number of para-hydroxylation sites is 2. The van der Waals surface area contributed by atoms with Gasteiger partial charge in [-0.25, -0.2) is 5.43 Å². The topological polar surface area (TPSA) is 78.5 Å². The molecule has 0 unspecified atom stereocenters. The van der Waals surface area contributed by atoms with Crippen molar-refractivity contribution in [1.29, 1.82) is 0 Å². The highest BCUT2D eigenvalue weighted by Gasteiger charge is 2.59. The summed E-state index contributed by atoms with van der Waals surface area (Å²) in [6.07, 6.45) is -2.30. The highest BCUT2D eigenvalue weighted by Crippen LogP contribution is 2.36. The Hall–Kier alpha value is -2.49. The largest absolute Gasteiger partial charge is 0.455 e. The third-order valence-corrected chi connectivity index (χ3v) is 5.69. The number of nitrogens with one attached hydrogen (secondary N) is 1. The van der Waals surface area contributed by atoms with Crippen LogP contribution in [0.1, 0.15) is 0 Å². The van der Waals surface area contributed by atoms with Crippen molar-refractivity contribution in [2.45, 2.75) is 36.6 Å². The van der Waals surface area contributed by atoms with Gasteiger partial charge >= 0.3 is 5.97 Å². The van der Waals surface area contributed by atoms with E-state index in [0.717, 1.165) is 11.4 Å². The van der Waals surface area contributed by atoms with Crippen molar-refractivity contribution >= 4 is 17.3 Å². The number of ether oxygens (including phenoxy) is 5. The third kappa shape index (κ3) is 4.30. The maximum atomic E-state index is 12.8. The average Bonchev–Trinajstić information content (AvgIpc) is 3.31. The monoisotopic (exact) mass is 428 g/mol. The maximum absolute atomic E-state index is 12.8. The first-order valence-corrected chi connectivity index (χ1v) is 10.2. The molecule has 0 amide bonds. The summed E-state index contributed by atoms with van der Waals surface area (Å²) in [5, 5.41) is 1.87. The summed E-state index contributed by atoms with van der Waals surface area (Å²) in [5.41, 5.74) is 5.10. The molecule has 4 rings (SSSR count). The Kier molecular flexibility index (Phi) is 6.84. The van der Waals surface area contributed by atoms with Crippen LogP contribution in [0, 0.1) is 0 Å². The first kappa shape index (κ1) is 21.7. The van der Waals surface area contributed by atoms with Crippen LogP contribution < -0.4 is 10.4 Å². The number of rotatable bonds is 9. The molecule has 0 aliphatic carbocycles. The molecule has 8 nitrogen and oxygen atoms in total. The van der Waals surface area contributed by atoms with Crippen LogP contribution in [0.3, 0.4) is 0 Å². The molecule has 2 fully saturated rings. The number of carbonyl (C=O) groups is 1. The second kappa shape index (κ2) is 9.76. The third-order valence-electron chi connectivity index (χ3n) is 5.69. The molecule has 31 heavy (non-hydrogen) atoms. The van der Waals surface area contributed by atoms with Crippen LogP contribution in [0.4, 0.5) is 11.4 Å². The van der Waals surface area contributed by atoms with Crippen LogP contribution in [0.2, 0.25) is 0 Å². The molecular weight excluding hydrogens is 400 g/mol. The Morgan fingerprint density at radius 3 is 2.10 bits per heavy atom. The molecule has 0 spiro atoms. The molecule has 166 valence electrons. The molecular formula is C23H28N2O6. The minimum Gasteiger partial charge on any atom is -0.455 e. The number of hydrazine groups is 1. The van der Waals surface area contributed by atoms with Crippen LogP contribution in [0.25, 0.3) is 0 Å². The zero-order chi connectivity index (χ0) is 21.8. The SMILES string of the molecule is COC[C@H](OC)[C@H]1O[C@H]2[C@H](OC(=O)[C@@H]2NN(c2ccccc2)c2ccccc2)[C@H]1OC. The first-order valence-electron chi connectivity index (χ1n) is 10.2. The normalized spacial score (nSPS) is 28.2. The summed E-state index contributed by atoms with van der Waals surface area (Å²) >= 11 is 0. The van der Waals surface area contributed by atoms with Gasteiger partial charge < -0.3 is 23.7 Å². The Morgan fingerprint density at radius 2 is 1.58 bits per heavy atom. The van der Waals surface area contributed by atoms with E-state index in [9.17, 15) is 4.79 Å². The molecule has 0 saturated carbocycles. The predicted molar refractivity (Wildman–Crippen MR) is 114 cm³/mol. The van der Waals surface area contributed by atoms with E-state index in [1.54, 1.807) is 21.3 Å².